The number of carbonyl (C=O) groups is 1. The maximum Gasteiger partial charge on any atom is 0.255 e. The molecule has 0 radical (unpaired) electrons. The highest BCUT2D eigenvalue weighted by Crippen LogP contribution is 2.26. The van der Waals surface area contributed by atoms with E-state index in [1.165, 1.54) is 0 Å². The molecule has 1 saturated heterocycles. The Balaban J connectivity index is 1.60. The van der Waals surface area contributed by atoms with E-state index in [-0.39, 0.29) is 12.0 Å². The maximum atomic E-state index is 12.6. The fourth-order valence-corrected chi connectivity index (χ4v) is 3.36. The normalized spacial score (nSPS) is 14.4. The number of hydrogen-bond donors (Lipinski definition) is 0. The number of rotatable bonds is 5. The number of aromatic nitrogens is 1. The van der Waals surface area contributed by atoms with Gasteiger partial charge in [0.1, 0.15) is 11.9 Å². The van der Waals surface area contributed by atoms with Gasteiger partial charge in [0.25, 0.3) is 5.91 Å². The number of benzene rings is 1. The lowest BCUT2D eigenvalue weighted by Gasteiger charge is -2.39. The molecule has 1 aromatic carbocycles. The minimum atomic E-state index is 0.0618. The summed E-state index contributed by atoms with van der Waals surface area (Å²) in [5, 5.41) is 0. The molecule has 120 valence electrons. The molecule has 2 aromatic rings. The van der Waals surface area contributed by atoms with Gasteiger partial charge in [0, 0.05) is 22.9 Å². The lowest BCUT2D eigenvalue weighted by Crippen LogP contribution is -2.56. The summed E-state index contributed by atoms with van der Waals surface area (Å²) in [5.41, 5.74) is 1.72. The molecule has 2 heterocycles. The fraction of sp³-hybridized carbons (Fsp3) is 0.333. The minimum absolute atomic E-state index is 0.0618. The molecule has 1 aliphatic heterocycles. The van der Waals surface area contributed by atoms with Gasteiger partial charge in [-0.1, -0.05) is 19.1 Å². The van der Waals surface area contributed by atoms with Crippen LogP contribution in [0, 0.1) is 6.92 Å². The quantitative estimate of drug-likeness (QED) is 0.789. The van der Waals surface area contributed by atoms with E-state index in [9.17, 15) is 4.79 Å². The molecule has 0 bridgehead atoms. The van der Waals surface area contributed by atoms with Crippen LogP contribution in [-0.4, -0.2) is 40.7 Å². The van der Waals surface area contributed by atoms with E-state index >= 15 is 0 Å². The van der Waals surface area contributed by atoms with Crippen molar-refractivity contribution in [1.82, 2.24) is 9.88 Å². The van der Waals surface area contributed by atoms with Crippen LogP contribution in [0.2, 0.25) is 0 Å². The number of ether oxygens (including phenoxy) is 1. The van der Waals surface area contributed by atoms with Gasteiger partial charge < -0.3 is 9.64 Å². The monoisotopic (exact) mass is 328 g/mol. The Labute approximate surface area is 140 Å². The number of hydrogen-bond acceptors (Lipinski definition) is 4. The van der Waals surface area contributed by atoms with E-state index < -0.39 is 0 Å². The van der Waals surface area contributed by atoms with Gasteiger partial charge in [0.05, 0.1) is 18.7 Å². The summed E-state index contributed by atoms with van der Waals surface area (Å²) < 4.78 is 5.89. The van der Waals surface area contributed by atoms with Gasteiger partial charge in [-0.25, -0.2) is 0 Å². The van der Waals surface area contributed by atoms with Gasteiger partial charge in [-0.2, -0.15) is 0 Å². The van der Waals surface area contributed by atoms with Crippen LogP contribution in [0.25, 0.3) is 0 Å². The van der Waals surface area contributed by atoms with Gasteiger partial charge in [-0.15, -0.1) is 11.8 Å². The molecule has 1 fully saturated rings. The molecule has 0 unspecified atom stereocenters. The number of amides is 1. The van der Waals surface area contributed by atoms with Crippen molar-refractivity contribution in [3.05, 3.63) is 53.9 Å². The number of likely N-dealkylation sites (tertiary alicyclic amines) is 1. The van der Waals surface area contributed by atoms with Gasteiger partial charge in [0.2, 0.25) is 0 Å². The number of nitrogens with zero attached hydrogens (tertiary/aromatic N) is 2. The largest absolute Gasteiger partial charge is 0.487 e. The van der Waals surface area contributed by atoms with E-state index in [2.05, 4.69) is 11.9 Å². The predicted molar refractivity (Wildman–Crippen MR) is 92.1 cm³/mol. The summed E-state index contributed by atoms with van der Waals surface area (Å²) in [5.74, 6) is 1.86. The standard InChI is InChI=1S/C18H20N2O2S/c1-3-23-17-7-5-4-6-16(17)18(21)20-11-15(12-20)22-14-8-9-19-13(2)10-14/h4-10,15H,3,11-12H2,1-2H3. The Morgan fingerprint density at radius 2 is 2.13 bits per heavy atom. The Kier molecular flexibility index (Phi) is 4.86. The molecule has 23 heavy (non-hydrogen) atoms. The summed E-state index contributed by atoms with van der Waals surface area (Å²) in [6.45, 7) is 5.29. The molecule has 0 atom stereocenters. The first kappa shape index (κ1) is 15.9. The van der Waals surface area contributed by atoms with E-state index in [4.69, 9.17) is 4.74 Å². The van der Waals surface area contributed by atoms with Crippen molar-refractivity contribution in [2.75, 3.05) is 18.8 Å². The first-order chi connectivity index (χ1) is 11.2. The van der Waals surface area contributed by atoms with Crippen molar-refractivity contribution in [1.29, 1.82) is 0 Å². The number of aryl methyl sites for hydroxylation is 1. The SMILES string of the molecule is CCSc1ccccc1C(=O)N1CC(Oc2ccnc(C)c2)C1. The van der Waals surface area contributed by atoms with Gasteiger partial charge in [-0.05, 0) is 30.9 Å². The third kappa shape index (κ3) is 3.67. The Morgan fingerprint density at radius 1 is 1.35 bits per heavy atom. The predicted octanol–water partition coefficient (Wildman–Crippen LogP) is 3.41. The second-order valence-electron chi connectivity index (χ2n) is 5.51. The van der Waals surface area contributed by atoms with Crippen LogP contribution in [0.5, 0.6) is 5.75 Å². The summed E-state index contributed by atoms with van der Waals surface area (Å²) in [7, 11) is 0. The summed E-state index contributed by atoms with van der Waals surface area (Å²) in [6, 6.07) is 11.6. The molecule has 0 N–H and O–H groups in total. The first-order valence-corrected chi connectivity index (χ1v) is 8.76. The first-order valence-electron chi connectivity index (χ1n) is 7.77. The third-order valence-electron chi connectivity index (χ3n) is 3.72. The molecule has 4 nitrogen and oxygen atoms in total. The summed E-state index contributed by atoms with van der Waals surface area (Å²) in [4.78, 5) is 19.7. The third-order valence-corrected chi connectivity index (χ3v) is 4.68. The molecule has 1 aromatic heterocycles. The fourth-order valence-electron chi connectivity index (χ4n) is 2.56. The zero-order valence-electron chi connectivity index (χ0n) is 13.4. The van der Waals surface area contributed by atoms with E-state index in [1.807, 2.05) is 48.2 Å². The Bertz CT molecular complexity index is 699. The van der Waals surface area contributed by atoms with E-state index in [0.717, 1.165) is 27.7 Å². The van der Waals surface area contributed by atoms with Crippen LogP contribution < -0.4 is 4.74 Å². The summed E-state index contributed by atoms with van der Waals surface area (Å²) in [6.07, 6.45) is 1.80. The molecular weight excluding hydrogens is 308 g/mol. The highest BCUT2D eigenvalue weighted by atomic mass is 32.2. The zero-order chi connectivity index (χ0) is 16.2. The summed E-state index contributed by atoms with van der Waals surface area (Å²) >= 11 is 1.70. The van der Waals surface area contributed by atoms with Crippen LogP contribution >= 0.6 is 11.8 Å². The molecule has 0 aliphatic carbocycles. The molecule has 1 aliphatic rings. The van der Waals surface area contributed by atoms with Crippen molar-refractivity contribution >= 4 is 17.7 Å². The van der Waals surface area contributed by atoms with Crippen LogP contribution in [0.15, 0.2) is 47.5 Å². The van der Waals surface area contributed by atoms with Crippen LogP contribution in [-0.2, 0) is 0 Å². The highest BCUT2D eigenvalue weighted by Gasteiger charge is 2.33. The molecule has 0 spiro atoms. The second kappa shape index (κ2) is 7.04. The Morgan fingerprint density at radius 3 is 2.87 bits per heavy atom. The van der Waals surface area contributed by atoms with Crippen molar-refractivity contribution in [3.63, 3.8) is 0 Å². The highest BCUT2D eigenvalue weighted by molar-refractivity contribution is 7.99. The van der Waals surface area contributed by atoms with Crippen LogP contribution in [0.3, 0.4) is 0 Å². The van der Waals surface area contributed by atoms with Crippen molar-refractivity contribution in [2.45, 2.75) is 24.8 Å². The van der Waals surface area contributed by atoms with Gasteiger partial charge in [-0.3, -0.25) is 9.78 Å². The minimum Gasteiger partial charge on any atom is -0.487 e. The lowest BCUT2D eigenvalue weighted by atomic mass is 10.1. The van der Waals surface area contributed by atoms with E-state index in [0.29, 0.717) is 13.1 Å². The average molecular weight is 328 g/mol. The molecule has 3 rings (SSSR count). The van der Waals surface area contributed by atoms with E-state index in [1.54, 1.807) is 18.0 Å². The maximum absolute atomic E-state index is 12.6. The lowest BCUT2D eigenvalue weighted by molar-refractivity contribution is 0.0175. The zero-order valence-corrected chi connectivity index (χ0v) is 14.2. The average Bonchev–Trinajstić information content (AvgIpc) is 2.51. The van der Waals surface area contributed by atoms with Crippen LogP contribution in [0.4, 0.5) is 0 Å². The number of pyridine rings is 1. The molecule has 5 heteroatoms. The van der Waals surface area contributed by atoms with Crippen molar-refractivity contribution in [2.24, 2.45) is 0 Å². The molecule has 0 saturated carbocycles. The Hall–Kier alpha value is -2.01. The van der Waals surface area contributed by atoms with Crippen molar-refractivity contribution in [3.8, 4) is 5.75 Å². The van der Waals surface area contributed by atoms with Crippen molar-refractivity contribution < 1.29 is 9.53 Å². The smallest absolute Gasteiger partial charge is 0.255 e. The topological polar surface area (TPSA) is 42.4 Å². The van der Waals surface area contributed by atoms with Gasteiger partial charge in [0.15, 0.2) is 0 Å². The number of carbonyl (C=O) groups excluding carboxylic acids is 1. The van der Waals surface area contributed by atoms with Crippen LogP contribution in [0.1, 0.15) is 23.0 Å². The number of thioether (sulfide) groups is 1. The molecule has 1 amide bonds. The second-order valence-corrected chi connectivity index (χ2v) is 6.82. The molecular formula is C18H20N2O2S. The van der Waals surface area contributed by atoms with Gasteiger partial charge >= 0.3 is 0 Å².